The maximum atomic E-state index is 10.2. The van der Waals surface area contributed by atoms with E-state index in [1.54, 1.807) is 0 Å². The van der Waals surface area contributed by atoms with Gasteiger partial charge in [-0.1, -0.05) is 19.8 Å². The summed E-state index contributed by atoms with van der Waals surface area (Å²) in [7, 11) is 0. The first-order valence-corrected chi connectivity index (χ1v) is 4.06. The number of aldehydes is 1. The molecule has 0 rings (SSSR count). The van der Waals surface area contributed by atoms with Gasteiger partial charge in [-0.3, -0.25) is 10.1 Å². The first-order chi connectivity index (χ1) is 5.12. The van der Waals surface area contributed by atoms with E-state index in [1.165, 1.54) is 6.92 Å². The second kappa shape index (κ2) is 5.27. The topological polar surface area (TPSA) is 49.3 Å². The van der Waals surface area contributed by atoms with E-state index in [4.69, 9.17) is 5.11 Å². The number of carbonyl (C=O) groups excluding carboxylic acids is 1. The molecule has 0 aliphatic rings. The van der Waals surface area contributed by atoms with Crippen LogP contribution in [0.15, 0.2) is 0 Å². The molecular formula is C8H17NO2. The Bertz CT molecular complexity index is 113. The highest BCUT2D eigenvalue weighted by Gasteiger charge is 2.16. The molecule has 0 aliphatic carbocycles. The minimum atomic E-state index is -1.34. The highest BCUT2D eigenvalue weighted by atomic mass is 16.3. The molecule has 0 aromatic rings. The molecule has 66 valence electrons. The van der Waals surface area contributed by atoms with Crippen LogP contribution in [-0.2, 0) is 4.79 Å². The molecule has 0 aromatic carbocycles. The summed E-state index contributed by atoms with van der Waals surface area (Å²) < 4.78 is 0. The van der Waals surface area contributed by atoms with E-state index < -0.39 is 5.72 Å². The average Bonchev–Trinajstić information content (AvgIpc) is 1.99. The third kappa shape index (κ3) is 6.01. The standard InChI is InChI=1S/C8H17NO2/c1-3-4-5-6-9-8(2,11)7-10/h7,9,11H,3-6H2,1-2H3. The van der Waals surface area contributed by atoms with E-state index in [-0.39, 0.29) is 0 Å². The Morgan fingerprint density at radius 1 is 1.55 bits per heavy atom. The molecule has 0 radical (unpaired) electrons. The molecule has 0 aromatic heterocycles. The van der Waals surface area contributed by atoms with Crippen molar-refractivity contribution >= 4 is 6.29 Å². The van der Waals surface area contributed by atoms with Crippen LogP contribution in [0, 0.1) is 0 Å². The van der Waals surface area contributed by atoms with Crippen molar-refractivity contribution in [1.29, 1.82) is 0 Å². The molecular weight excluding hydrogens is 142 g/mol. The minimum absolute atomic E-state index is 0.513. The SMILES string of the molecule is CCCCCNC(C)(O)C=O. The lowest BCUT2D eigenvalue weighted by Gasteiger charge is -2.16. The molecule has 0 bridgehead atoms. The van der Waals surface area contributed by atoms with Crippen molar-refractivity contribution in [2.45, 2.75) is 38.8 Å². The van der Waals surface area contributed by atoms with Gasteiger partial charge in [-0.2, -0.15) is 0 Å². The molecule has 0 saturated heterocycles. The van der Waals surface area contributed by atoms with Gasteiger partial charge in [0.15, 0.2) is 12.0 Å². The predicted molar refractivity (Wildman–Crippen MR) is 44.2 cm³/mol. The van der Waals surface area contributed by atoms with Crippen molar-refractivity contribution < 1.29 is 9.90 Å². The van der Waals surface area contributed by atoms with Gasteiger partial charge in [0.2, 0.25) is 0 Å². The summed E-state index contributed by atoms with van der Waals surface area (Å²) in [5.74, 6) is 0. The van der Waals surface area contributed by atoms with Gasteiger partial charge in [-0.25, -0.2) is 0 Å². The van der Waals surface area contributed by atoms with Crippen LogP contribution in [0.1, 0.15) is 33.1 Å². The molecule has 2 N–H and O–H groups in total. The first-order valence-electron chi connectivity index (χ1n) is 4.06. The Morgan fingerprint density at radius 2 is 2.18 bits per heavy atom. The van der Waals surface area contributed by atoms with Crippen molar-refractivity contribution in [3.63, 3.8) is 0 Å². The van der Waals surface area contributed by atoms with Crippen LogP contribution in [0.25, 0.3) is 0 Å². The Hall–Kier alpha value is -0.410. The van der Waals surface area contributed by atoms with Gasteiger partial charge in [0.05, 0.1) is 0 Å². The van der Waals surface area contributed by atoms with Gasteiger partial charge in [-0.15, -0.1) is 0 Å². The van der Waals surface area contributed by atoms with Crippen LogP contribution in [-0.4, -0.2) is 23.7 Å². The molecule has 0 amide bonds. The molecule has 0 aliphatic heterocycles. The maximum absolute atomic E-state index is 10.2. The number of nitrogens with one attached hydrogen (secondary N) is 1. The fourth-order valence-electron chi connectivity index (χ4n) is 0.758. The quantitative estimate of drug-likeness (QED) is 0.340. The number of hydrogen-bond donors (Lipinski definition) is 2. The summed E-state index contributed by atoms with van der Waals surface area (Å²) in [6.07, 6.45) is 3.78. The molecule has 1 atom stereocenters. The molecule has 0 saturated carbocycles. The van der Waals surface area contributed by atoms with Crippen molar-refractivity contribution in [3.05, 3.63) is 0 Å². The van der Waals surface area contributed by atoms with Crippen LogP contribution >= 0.6 is 0 Å². The second-order valence-corrected chi connectivity index (χ2v) is 2.90. The highest BCUT2D eigenvalue weighted by molar-refractivity contribution is 5.60. The van der Waals surface area contributed by atoms with E-state index in [2.05, 4.69) is 12.2 Å². The van der Waals surface area contributed by atoms with Crippen LogP contribution < -0.4 is 5.32 Å². The lowest BCUT2D eigenvalue weighted by molar-refractivity contribution is -0.125. The Kier molecular flexibility index (Phi) is 5.07. The minimum Gasteiger partial charge on any atom is -0.369 e. The summed E-state index contributed by atoms with van der Waals surface area (Å²) in [6.45, 7) is 4.25. The van der Waals surface area contributed by atoms with Crippen molar-refractivity contribution in [1.82, 2.24) is 5.32 Å². The third-order valence-corrected chi connectivity index (χ3v) is 1.49. The normalized spacial score (nSPS) is 15.9. The first kappa shape index (κ1) is 10.6. The van der Waals surface area contributed by atoms with E-state index in [9.17, 15) is 4.79 Å². The van der Waals surface area contributed by atoms with E-state index in [1.807, 2.05) is 0 Å². The second-order valence-electron chi connectivity index (χ2n) is 2.90. The molecule has 0 fully saturated rings. The number of rotatable bonds is 6. The summed E-state index contributed by atoms with van der Waals surface area (Å²) in [5.41, 5.74) is -1.34. The van der Waals surface area contributed by atoms with Gasteiger partial charge in [0, 0.05) is 0 Å². The van der Waals surface area contributed by atoms with Gasteiger partial charge in [0.1, 0.15) is 0 Å². The summed E-state index contributed by atoms with van der Waals surface area (Å²) in [5, 5.41) is 11.9. The smallest absolute Gasteiger partial charge is 0.169 e. The summed E-state index contributed by atoms with van der Waals surface area (Å²) in [6, 6.07) is 0. The predicted octanol–water partition coefficient (Wildman–Crippen LogP) is 0.674. The molecule has 11 heavy (non-hydrogen) atoms. The van der Waals surface area contributed by atoms with Gasteiger partial charge in [-0.05, 0) is 19.9 Å². The highest BCUT2D eigenvalue weighted by Crippen LogP contribution is 1.95. The van der Waals surface area contributed by atoms with Crippen LogP contribution in [0.5, 0.6) is 0 Å². The molecule has 0 spiro atoms. The molecule has 1 unspecified atom stereocenters. The zero-order valence-electron chi connectivity index (χ0n) is 7.26. The number of aliphatic hydroxyl groups is 1. The zero-order valence-corrected chi connectivity index (χ0v) is 7.26. The molecule has 3 nitrogen and oxygen atoms in total. The lowest BCUT2D eigenvalue weighted by atomic mass is 10.2. The van der Waals surface area contributed by atoms with E-state index >= 15 is 0 Å². The number of carbonyl (C=O) groups is 1. The largest absolute Gasteiger partial charge is 0.369 e. The van der Waals surface area contributed by atoms with Crippen molar-refractivity contribution in [2.75, 3.05) is 6.54 Å². The van der Waals surface area contributed by atoms with Crippen LogP contribution in [0.2, 0.25) is 0 Å². The van der Waals surface area contributed by atoms with Crippen LogP contribution in [0.3, 0.4) is 0 Å². The van der Waals surface area contributed by atoms with E-state index in [0.29, 0.717) is 12.8 Å². The fourth-order valence-corrected chi connectivity index (χ4v) is 0.758. The van der Waals surface area contributed by atoms with Gasteiger partial charge < -0.3 is 5.11 Å². The third-order valence-electron chi connectivity index (χ3n) is 1.49. The van der Waals surface area contributed by atoms with Crippen molar-refractivity contribution in [3.8, 4) is 0 Å². The zero-order chi connectivity index (χ0) is 8.74. The number of hydrogen-bond acceptors (Lipinski definition) is 3. The van der Waals surface area contributed by atoms with E-state index in [0.717, 1.165) is 19.3 Å². The lowest BCUT2D eigenvalue weighted by Crippen LogP contribution is -2.44. The number of unbranched alkanes of at least 4 members (excludes halogenated alkanes) is 2. The molecule has 3 heteroatoms. The van der Waals surface area contributed by atoms with Crippen LogP contribution in [0.4, 0.5) is 0 Å². The summed E-state index contributed by atoms with van der Waals surface area (Å²) >= 11 is 0. The van der Waals surface area contributed by atoms with Gasteiger partial charge in [0.25, 0.3) is 0 Å². The van der Waals surface area contributed by atoms with Gasteiger partial charge >= 0.3 is 0 Å². The fraction of sp³-hybridized carbons (Fsp3) is 0.875. The van der Waals surface area contributed by atoms with Crippen molar-refractivity contribution in [2.24, 2.45) is 0 Å². The Morgan fingerprint density at radius 3 is 2.64 bits per heavy atom. The summed E-state index contributed by atoms with van der Waals surface area (Å²) in [4.78, 5) is 10.2. The molecule has 0 heterocycles. The maximum Gasteiger partial charge on any atom is 0.169 e. The Balaban J connectivity index is 3.30. The Labute approximate surface area is 67.8 Å². The monoisotopic (exact) mass is 159 g/mol. The average molecular weight is 159 g/mol.